The molecule has 6 heteroatoms. The molecular formula is C26H35N3O3. The van der Waals surface area contributed by atoms with E-state index in [0.29, 0.717) is 29.2 Å². The fourth-order valence-corrected chi connectivity index (χ4v) is 5.76. The van der Waals surface area contributed by atoms with Gasteiger partial charge in [-0.25, -0.2) is 9.78 Å². The van der Waals surface area contributed by atoms with Crippen molar-refractivity contribution in [3.8, 4) is 0 Å². The molecule has 4 atom stereocenters. The molecule has 0 spiro atoms. The molecule has 0 saturated carbocycles. The quantitative estimate of drug-likeness (QED) is 0.653. The van der Waals surface area contributed by atoms with Crippen molar-refractivity contribution < 1.29 is 9.90 Å². The number of aromatic carboxylic acids is 1. The number of benzene rings is 1. The Labute approximate surface area is 190 Å². The molecule has 1 aliphatic carbocycles. The number of nitrogens with zero attached hydrogens (tertiary/aromatic N) is 3. The number of aromatic nitrogens is 2. The van der Waals surface area contributed by atoms with Gasteiger partial charge in [-0.3, -0.25) is 9.69 Å². The van der Waals surface area contributed by atoms with Crippen LogP contribution >= 0.6 is 0 Å². The Morgan fingerprint density at radius 2 is 1.97 bits per heavy atom. The predicted octanol–water partition coefficient (Wildman–Crippen LogP) is 5.18. The van der Waals surface area contributed by atoms with E-state index in [1.54, 1.807) is 10.6 Å². The molecule has 1 fully saturated rings. The van der Waals surface area contributed by atoms with E-state index < -0.39 is 17.2 Å². The SMILES string of the molecule is C[C@H]1CCC[C@@H](C[C@H](C)n2c(=O)c(C(=O)O)nc3ccccc32)N1C1/C=C\CCCCC1. The summed E-state index contributed by atoms with van der Waals surface area (Å²) in [6.45, 7) is 4.38. The van der Waals surface area contributed by atoms with Crippen LogP contribution < -0.4 is 5.56 Å². The van der Waals surface area contributed by atoms with E-state index >= 15 is 0 Å². The number of fused-ring (bicyclic) bond motifs is 1. The second kappa shape index (κ2) is 9.99. The molecule has 0 radical (unpaired) electrons. The van der Waals surface area contributed by atoms with Crippen LogP contribution in [0, 0.1) is 0 Å². The Hall–Kier alpha value is -2.47. The standard InChI is InChI=1S/C26H35N3O3/c1-18-11-10-14-21(28(18)20-12-6-4-3-5-7-13-20)17-19(2)29-23-16-9-8-15-22(23)27-24(25(29)30)26(31)32/h6,8-9,12,15-16,18-21H,3-5,7,10-11,13-14,17H2,1-2H3,(H,31,32)/b12-6-/t18-,19-,20?,21-/m0/s1. The Morgan fingerprint density at radius 1 is 1.16 bits per heavy atom. The third-order valence-electron chi connectivity index (χ3n) is 7.25. The van der Waals surface area contributed by atoms with E-state index in [1.165, 1.54) is 38.5 Å². The van der Waals surface area contributed by atoms with Crippen LogP contribution in [0.1, 0.15) is 88.2 Å². The lowest BCUT2D eigenvalue weighted by molar-refractivity contribution is 0.0480. The molecule has 32 heavy (non-hydrogen) atoms. The van der Waals surface area contributed by atoms with Crippen molar-refractivity contribution in [1.82, 2.24) is 14.5 Å². The normalized spacial score (nSPS) is 26.9. The van der Waals surface area contributed by atoms with Gasteiger partial charge < -0.3 is 9.67 Å². The molecular weight excluding hydrogens is 402 g/mol. The number of para-hydroxylation sites is 2. The Morgan fingerprint density at radius 3 is 2.78 bits per heavy atom. The molecule has 0 amide bonds. The summed E-state index contributed by atoms with van der Waals surface area (Å²) in [6, 6.07) is 8.55. The molecule has 1 aromatic heterocycles. The van der Waals surface area contributed by atoms with E-state index in [2.05, 4.69) is 29.0 Å². The second-order valence-electron chi connectivity index (χ2n) is 9.53. The lowest BCUT2D eigenvalue weighted by Gasteiger charge is -2.46. The summed E-state index contributed by atoms with van der Waals surface area (Å²) >= 11 is 0. The fraction of sp³-hybridized carbons (Fsp3) is 0.577. The Kier molecular flexibility index (Phi) is 7.09. The van der Waals surface area contributed by atoms with E-state index in [0.717, 1.165) is 19.3 Å². The number of hydrogen-bond acceptors (Lipinski definition) is 4. The summed E-state index contributed by atoms with van der Waals surface area (Å²) in [5.74, 6) is -1.27. The van der Waals surface area contributed by atoms with Crippen molar-refractivity contribution in [2.45, 2.75) is 95.8 Å². The minimum Gasteiger partial charge on any atom is -0.476 e. The monoisotopic (exact) mass is 437 g/mol. The maximum atomic E-state index is 13.1. The average Bonchev–Trinajstić information content (AvgIpc) is 2.74. The van der Waals surface area contributed by atoms with Gasteiger partial charge in [-0.1, -0.05) is 43.5 Å². The van der Waals surface area contributed by atoms with Crippen LogP contribution in [-0.4, -0.2) is 43.7 Å². The average molecular weight is 438 g/mol. The van der Waals surface area contributed by atoms with E-state index in [4.69, 9.17) is 0 Å². The van der Waals surface area contributed by atoms with Crippen molar-refractivity contribution in [2.24, 2.45) is 0 Å². The van der Waals surface area contributed by atoms with Crippen molar-refractivity contribution in [1.29, 1.82) is 0 Å². The van der Waals surface area contributed by atoms with Crippen molar-refractivity contribution in [2.75, 3.05) is 0 Å². The highest BCUT2D eigenvalue weighted by atomic mass is 16.4. The summed E-state index contributed by atoms with van der Waals surface area (Å²) in [5.41, 5.74) is 0.349. The molecule has 2 aliphatic rings. The van der Waals surface area contributed by atoms with Crippen LogP contribution in [0.4, 0.5) is 0 Å². The van der Waals surface area contributed by atoms with Gasteiger partial charge >= 0.3 is 5.97 Å². The summed E-state index contributed by atoms with van der Waals surface area (Å²) in [4.78, 5) is 31.7. The number of likely N-dealkylation sites (tertiary alicyclic amines) is 1. The molecule has 1 aromatic carbocycles. The topological polar surface area (TPSA) is 75.4 Å². The van der Waals surface area contributed by atoms with Crippen LogP contribution in [0.25, 0.3) is 11.0 Å². The van der Waals surface area contributed by atoms with Crippen molar-refractivity contribution >= 4 is 17.0 Å². The number of hydrogen-bond donors (Lipinski definition) is 1. The molecule has 0 bridgehead atoms. The summed E-state index contributed by atoms with van der Waals surface area (Å²) in [6.07, 6.45) is 15.3. The van der Waals surface area contributed by atoms with E-state index in [1.807, 2.05) is 25.1 Å². The zero-order chi connectivity index (χ0) is 22.7. The molecule has 1 saturated heterocycles. The van der Waals surface area contributed by atoms with Gasteiger partial charge in [0.2, 0.25) is 5.69 Å². The zero-order valence-corrected chi connectivity index (χ0v) is 19.2. The van der Waals surface area contributed by atoms with Gasteiger partial charge in [0.15, 0.2) is 0 Å². The summed E-state index contributed by atoms with van der Waals surface area (Å²) in [7, 11) is 0. The van der Waals surface area contributed by atoms with Crippen LogP contribution in [-0.2, 0) is 0 Å². The third-order valence-corrected chi connectivity index (χ3v) is 7.25. The molecule has 1 unspecified atom stereocenters. The van der Waals surface area contributed by atoms with E-state index in [-0.39, 0.29) is 6.04 Å². The maximum Gasteiger partial charge on any atom is 0.360 e. The zero-order valence-electron chi connectivity index (χ0n) is 19.2. The van der Waals surface area contributed by atoms with Gasteiger partial charge in [-0.15, -0.1) is 0 Å². The number of carboxylic acids is 1. The predicted molar refractivity (Wildman–Crippen MR) is 127 cm³/mol. The molecule has 1 N–H and O–H groups in total. The molecule has 2 aromatic rings. The Bertz CT molecular complexity index is 1040. The first-order chi connectivity index (χ1) is 15.5. The highest BCUT2D eigenvalue weighted by Gasteiger charge is 2.34. The summed E-state index contributed by atoms with van der Waals surface area (Å²) in [5, 5.41) is 9.56. The van der Waals surface area contributed by atoms with Gasteiger partial charge in [0.05, 0.1) is 11.0 Å². The number of carboxylic acid groups (broad SMARTS) is 1. The summed E-state index contributed by atoms with van der Waals surface area (Å²) < 4.78 is 1.66. The van der Waals surface area contributed by atoms with Gasteiger partial charge in [0.25, 0.3) is 5.56 Å². The van der Waals surface area contributed by atoms with Gasteiger partial charge in [0.1, 0.15) is 0 Å². The highest BCUT2D eigenvalue weighted by molar-refractivity contribution is 5.88. The Balaban J connectivity index is 1.67. The largest absolute Gasteiger partial charge is 0.476 e. The van der Waals surface area contributed by atoms with Crippen LogP contribution in [0.5, 0.6) is 0 Å². The first kappa shape index (κ1) is 22.7. The first-order valence-electron chi connectivity index (χ1n) is 12.2. The van der Waals surface area contributed by atoms with Crippen molar-refractivity contribution in [3.05, 3.63) is 52.5 Å². The molecule has 2 heterocycles. The smallest absolute Gasteiger partial charge is 0.360 e. The number of allylic oxidation sites excluding steroid dienone is 1. The molecule has 6 nitrogen and oxygen atoms in total. The lowest BCUT2D eigenvalue weighted by Crippen LogP contribution is -2.51. The first-order valence-corrected chi connectivity index (χ1v) is 12.2. The number of piperidine rings is 1. The second-order valence-corrected chi connectivity index (χ2v) is 9.53. The molecule has 172 valence electrons. The minimum atomic E-state index is -1.27. The van der Waals surface area contributed by atoms with Crippen LogP contribution in [0.15, 0.2) is 41.2 Å². The minimum absolute atomic E-state index is 0.121. The third kappa shape index (κ3) is 4.65. The van der Waals surface area contributed by atoms with Gasteiger partial charge in [0, 0.05) is 24.2 Å². The molecule has 1 aliphatic heterocycles. The van der Waals surface area contributed by atoms with Gasteiger partial charge in [-0.2, -0.15) is 0 Å². The van der Waals surface area contributed by atoms with Gasteiger partial charge in [-0.05, 0) is 64.5 Å². The molecule has 4 rings (SSSR count). The van der Waals surface area contributed by atoms with Crippen LogP contribution in [0.3, 0.4) is 0 Å². The number of carbonyl (C=O) groups is 1. The fourth-order valence-electron chi connectivity index (χ4n) is 5.76. The van der Waals surface area contributed by atoms with Crippen LogP contribution in [0.2, 0.25) is 0 Å². The lowest BCUT2D eigenvalue weighted by atomic mass is 9.88. The van der Waals surface area contributed by atoms with Crippen molar-refractivity contribution in [3.63, 3.8) is 0 Å². The number of rotatable bonds is 5. The highest BCUT2D eigenvalue weighted by Crippen LogP contribution is 2.33. The van der Waals surface area contributed by atoms with E-state index in [9.17, 15) is 14.7 Å². The maximum absolute atomic E-state index is 13.1.